The molecule has 0 aliphatic carbocycles. The zero-order valence-corrected chi connectivity index (χ0v) is 10.8. The van der Waals surface area contributed by atoms with E-state index in [-0.39, 0.29) is 28.9 Å². The summed E-state index contributed by atoms with van der Waals surface area (Å²) in [5.74, 6) is 0.402. The van der Waals surface area contributed by atoms with Crippen LogP contribution in [0, 0.1) is 5.92 Å². The fourth-order valence-electron chi connectivity index (χ4n) is 2.16. The van der Waals surface area contributed by atoms with Crippen molar-refractivity contribution < 1.29 is 18.6 Å². The Hall–Kier alpha value is -1.27. The SMILES string of the molecule is O=S1(=O)CCC(CNCc2cccc(O)c2O)C1. The van der Waals surface area contributed by atoms with Crippen LogP contribution in [0.25, 0.3) is 0 Å². The lowest BCUT2D eigenvalue weighted by atomic mass is 10.1. The van der Waals surface area contributed by atoms with Gasteiger partial charge in [-0.3, -0.25) is 0 Å². The van der Waals surface area contributed by atoms with E-state index in [4.69, 9.17) is 0 Å². The highest BCUT2D eigenvalue weighted by Gasteiger charge is 2.27. The first-order valence-electron chi connectivity index (χ1n) is 5.89. The van der Waals surface area contributed by atoms with Crippen molar-refractivity contribution in [1.29, 1.82) is 0 Å². The fraction of sp³-hybridized carbons (Fsp3) is 0.500. The van der Waals surface area contributed by atoms with Crippen molar-refractivity contribution in [3.05, 3.63) is 23.8 Å². The second kappa shape index (κ2) is 5.16. The molecule has 1 fully saturated rings. The maximum atomic E-state index is 11.3. The number of para-hydroxylation sites is 1. The predicted octanol–water partition coefficient (Wildman–Crippen LogP) is 0.622. The first kappa shape index (κ1) is 13.2. The van der Waals surface area contributed by atoms with Crippen molar-refractivity contribution in [3.63, 3.8) is 0 Å². The summed E-state index contributed by atoms with van der Waals surface area (Å²) in [4.78, 5) is 0. The number of nitrogens with one attached hydrogen (secondary N) is 1. The Bertz CT molecular complexity index is 527. The Morgan fingerprint density at radius 1 is 1.33 bits per heavy atom. The number of hydrogen-bond acceptors (Lipinski definition) is 5. The van der Waals surface area contributed by atoms with E-state index >= 15 is 0 Å². The van der Waals surface area contributed by atoms with Gasteiger partial charge in [-0.15, -0.1) is 0 Å². The van der Waals surface area contributed by atoms with Gasteiger partial charge in [0, 0.05) is 12.1 Å². The molecule has 2 rings (SSSR count). The van der Waals surface area contributed by atoms with Crippen LogP contribution in [-0.2, 0) is 16.4 Å². The summed E-state index contributed by atoms with van der Waals surface area (Å²) in [7, 11) is -2.83. The minimum Gasteiger partial charge on any atom is -0.504 e. The second-order valence-electron chi connectivity index (χ2n) is 4.68. The topological polar surface area (TPSA) is 86.6 Å². The Kier molecular flexibility index (Phi) is 3.77. The van der Waals surface area contributed by atoms with Crippen LogP contribution in [0.5, 0.6) is 11.5 Å². The van der Waals surface area contributed by atoms with Gasteiger partial charge in [-0.25, -0.2) is 8.42 Å². The molecule has 1 heterocycles. The van der Waals surface area contributed by atoms with Crippen LogP contribution in [0.2, 0.25) is 0 Å². The van der Waals surface area contributed by atoms with E-state index in [1.807, 2.05) is 0 Å². The van der Waals surface area contributed by atoms with E-state index < -0.39 is 9.84 Å². The maximum absolute atomic E-state index is 11.3. The molecule has 3 N–H and O–H groups in total. The van der Waals surface area contributed by atoms with Crippen LogP contribution >= 0.6 is 0 Å². The lowest BCUT2D eigenvalue weighted by Gasteiger charge is -2.11. The highest BCUT2D eigenvalue weighted by Crippen LogP contribution is 2.28. The van der Waals surface area contributed by atoms with Crippen molar-refractivity contribution >= 4 is 9.84 Å². The van der Waals surface area contributed by atoms with Gasteiger partial charge in [0.25, 0.3) is 0 Å². The van der Waals surface area contributed by atoms with Gasteiger partial charge in [0.1, 0.15) is 0 Å². The van der Waals surface area contributed by atoms with Gasteiger partial charge in [0.15, 0.2) is 21.3 Å². The van der Waals surface area contributed by atoms with Gasteiger partial charge in [-0.2, -0.15) is 0 Å². The van der Waals surface area contributed by atoms with Crippen LogP contribution in [0.15, 0.2) is 18.2 Å². The molecule has 0 amide bonds. The normalized spacial score (nSPS) is 22.1. The third kappa shape index (κ3) is 3.14. The van der Waals surface area contributed by atoms with Crippen LogP contribution < -0.4 is 5.32 Å². The summed E-state index contributed by atoms with van der Waals surface area (Å²) < 4.78 is 22.5. The molecule has 1 unspecified atom stereocenters. The van der Waals surface area contributed by atoms with E-state index in [0.29, 0.717) is 25.1 Å². The van der Waals surface area contributed by atoms with Crippen molar-refractivity contribution in [2.24, 2.45) is 5.92 Å². The second-order valence-corrected chi connectivity index (χ2v) is 6.91. The number of hydrogen-bond donors (Lipinski definition) is 3. The first-order valence-corrected chi connectivity index (χ1v) is 7.71. The molecule has 5 nitrogen and oxygen atoms in total. The summed E-state index contributed by atoms with van der Waals surface area (Å²) in [6.07, 6.45) is 0.696. The average molecular weight is 271 g/mol. The molecule has 0 aromatic heterocycles. The van der Waals surface area contributed by atoms with Gasteiger partial charge in [-0.05, 0) is 24.9 Å². The van der Waals surface area contributed by atoms with E-state index in [0.717, 1.165) is 0 Å². The Morgan fingerprint density at radius 3 is 2.78 bits per heavy atom. The molecule has 100 valence electrons. The van der Waals surface area contributed by atoms with Crippen molar-refractivity contribution in [2.45, 2.75) is 13.0 Å². The molecule has 1 saturated heterocycles. The minimum atomic E-state index is -2.83. The van der Waals surface area contributed by atoms with Crippen LogP contribution in [0.4, 0.5) is 0 Å². The number of phenols is 2. The lowest BCUT2D eigenvalue weighted by Crippen LogP contribution is -2.23. The summed E-state index contributed by atoms with van der Waals surface area (Å²) in [5.41, 5.74) is 0.607. The third-order valence-electron chi connectivity index (χ3n) is 3.17. The molecule has 0 bridgehead atoms. The van der Waals surface area contributed by atoms with Gasteiger partial charge in [-0.1, -0.05) is 12.1 Å². The predicted molar refractivity (Wildman–Crippen MR) is 68.2 cm³/mol. The molecule has 18 heavy (non-hydrogen) atoms. The highest BCUT2D eigenvalue weighted by atomic mass is 32.2. The van der Waals surface area contributed by atoms with Crippen LogP contribution in [0.3, 0.4) is 0 Å². The van der Waals surface area contributed by atoms with Gasteiger partial charge in [0.2, 0.25) is 0 Å². The van der Waals surface area contributed by atoms with Crippen molar-refractivity contribution in [2.75, 3.05) is 18.1 Å². The smallest absolute Gasteiger partial charge is 0.161 e. The monoisotopic (exact) mass is 271 g/mol. The van der Waals surface area contributed by atoms with E-state index in [2.05, 4.69) is 5.32 Å². The molecule has 1 aliphatic rings. The number of phenolic OH excluding ortho intramolecular Hbond substituents is 2. The molecule has 0 saturated carbocycles. The first-order chi connectivity index (χ1) is 8.48. The van der Waals surface area contributed by atoms with Gasteiger partial charge < -0.3 is 15.5 Å². The van der Waals surface area contributed by atoms with E-state index in [9.17, 15) is 18.6 Å². The molecular formula is C12H17NO4S. The lowest BCUT2D eigenvalue weighted by molar-refractivity contribution is 0.396. The van der Waals surface area contributed by atoms with Crippen LogP contribution in [-0.4, -0.2) is 36.7 Å². The quantitative estimate of drug-likeness (QED) is 0.699. The van der Waals surface area contributed by atoms with Crippen LogP contribution in [0.1, 0.15) is 12.0 Å². The summed E-state index contributed by atoms with van der Waals surface area (Å²) >= 11 is 0. The van der Waals surface area contributed by atoms with Gasteiger partial charge >= 0.3 is 0 Å². The molecule has 6 heteroatoms. The van der Waals surface area contributed by atoms with E-state index in [1.165, 1.54) is 6.07 Å². The molecular weight excluding hydrogens is 254 g/mol. The summed E-state index contributed by atoms with van der Waals surface area (Å²) in [5, 5.41) is 22.0. The zero-order chi connectivity index (χ0) is 13.2. The van der Waals surface area contributed by atoms with E-state index in [1.54, 1.807) is 12.1 Å². The van der Waals surface area contributed by atoms with Crippen molar-refractivity contribution in [3.8, 4) is 11.5 Å². The number of sulfone groups is 1. The molecule has 1 atom stereocenters. The minimum absolute atomic E-state index is 0.121. The Labute approximate surface area is 106 Å². The largest absolute Gasteiger partial charge is 0.504 e. The maximum Gasteiger partial charge on any atom is 0.161 e. The van der Waals surface area contributed by atoms with Gasteiger partial charge in [0.05, 0.1) is 11.5 Å². The summed E-state index contributed by atoms with van der Waals surface area (Å²) in [6.45, 7) is 1.02. The molecule has 1 aromatic carbocycles. The number of rotatable bonds is 4. The molecule has 1 aliphatic heterocycles. The number of aromatic hydroxyl groups is 2. The fourth-order valence-corrected chi connectivity index (χ4v) is 4.03. The van der Waals surface area contributed by atoms with Crippen molar-refractivity contribution in [1.82, 2.24) is 5.32 Å². The third-order valence-corrected chi connectivity index (χ3v) is 5.01. The average Bonchev–Trinajstić information content (AvgIpc) is 2.64. The Morgan fingerprint density at radius 2 is 2.11 bits per heavy atom. The highest BCUT2D eigenvalue weighted by molar-refractivity contribution is 7.91. The molecule has 0 spiro atoms. The summed E-state index contributed by atoms with van der Waals surface area (Å²) in [6, 6.07) is 4.79. The molecule has 0 radical (unpaired) electrons. The number of benzene rings is 1. The zero-order valence-electron chi connectivity index (χ0n) is 9.96. The Balaban J connectivity index is 1.84. The molecule has 1 aromatic rings. The standard InChI is InChI=1S/C12H17NO4S/c14-11-3-1-2-10(12(11)15)7-13-6-9-4-5-18(16,17)8-9/h1-3,9,13-15H,4-8H2.